The van der Waals surface area contributed by atoms with E-state index in [2.05, 4.69) is 20.5 Å². The van der Waals surface area contributed by atoms with Crippen molar-refractivity contribution in [3.8, 4) is 0 Å². The zero-order valence-corrected chi connectivity index (χ0v) is 12.4. The highest BCUT2D eigenvalue weighted by Crippen LogP contribution is 2.32. The molecule has 2 aromatic rings. The Morgan fingerprint density at radius 2 is 2.24 bits per heavy atom. The van der Waals surface area contributed by atoms with Crippen molar-refractivity contribution in [2.45, 2.75) is 42.6 Å². The molecule has 2 heterocycles. The zero-order valence-electron chi connectivity index (χ0n) is 11.6. The van der Waals surface area contributed by atoms with Gasteiger partial charge in [-0.2, -0.15) is 0 Å². The number of aromatic nitrogens is 5. The summed E-state index contributed by atoms with van der Waals surface area (Å²) >= 11 is 1.60. The third-order valence-electron chi connectivity index (χ3n) is 3.60. The monoisotopic (exact) mass is 303 g/mol. The molecule has 1 fully saturated rings. The first-order chi connectivity index (χ1) is 10.2. The van der Waals surface area contributed by atoms with Crippen molar-refractivity contribution in [2.24, 2.45) is 5.73 Å². The molecule has 0 saturated heterocycles. The van der Waals surface area contributed by atoms with Gasteiger partial charge >= 0.3 is 0 Å². The number of nitrogens with one attached hydrogen (secondary N) is 1. The highest BCUT2D eigenvalue weighted by molar-refractivity contribution is 7.98. The molecule has 0 spiro atoms. The number of nitrogen functional groups attached to an aromatic ring is 1. The Kier molecular flexibility index (Phi) is 4.14. The minimum atomic E-state index is -0.0161. The molecule has 0 radical (unpaired) electrons. The van der Waals surface area contributed by atoms with Gasteiger partial charge in [0.2, 0.25) is 5.16 Å². The van der Waals surface area contributed by atoms with Crippen molar-refractivity contribution >= 4 is 17.6 Å². The number of rotatable bonds is 5. The summed E-state index contributed by atoms with van der Waals surface area (Å²) in [6, 6.07) is 4.19. The Balaban J connectivity index is 1.69. The average molecular weight is 303 g/mol. The molecule has 0 unspecified atom stereocenters. The van der Waals surface area contributed by atoms with Gasteiger partial charge in [0.05, 0.1) is 6.04 Å². The second-order valence-electron chi connectivity index (χ2n) is 5.10. The fourth-order valence-electron chi connectivity index (χ4n) is 2.52. The van der Waals surface area contributed by atoms with Gasteiger partial charge < -0.3 is 5.73 Å². The van der Waals surface area contributed by atoms with Crippen LogP contribution in [-0.2, 0) is 5.75 Å². The number of hydrogen-bond acceptors (Lipinski definition) is 6. The number of pyridine rings is 1. The molecule has 3 rings (SSSR count). The predicted molar refractivity (Wildman–Crippen MR) is 80.1 cm³/mol. The quantitative estimate of drug-likeness (QED) is 0.495. The summed E-state index contributed by atoms with van der Waals surface area (Å²) in [4.78, 5) is 4.06. The van der Waals surface area contributed by atoms with Gasteiger partial charge in [0, 0.05) is 11.9 Å². The Morgan fingerprint density at radius 1 is 1.43 bits per heavy atom. The van der Waals surface area contributed by atoms with Crippen LogP contribution in [0, 0.1) is 5.41 Å². The van der Waals surface area contributed by atoms with Crippen LogP contribution in [0.15, 0.2) is 23.5 Å². The molecule has 0 aromatic carbocycles. The van der Waals surface area contributed by atoms with Crippen LogP contribution >= 0.6 is 11.8 Å². The van der Waals surface area contributed by atoms with E-state index in [0.717, 1.165) is 29.3 Å². The molecule has 1 aliphatic carbocycles. The van der Waals surface area contributed by atoms with Crippen molar-refractivity contribution < 1.29 is 0 Å². The lowest BCUT2D eigenvalue weighted by atomic mass is 10.2. The van der Waals surface area contributed by atoms with Crippen molar-refractivity contribution in [1.82, 2.24) is 25.2 Å². The molecule has 7 nitrogen and oxygen atoms in total. The van der Waals surface area contributed by atoms with E-state index >= 15 is 0 Å². The van der Waals surface area contributed by atoms with Gasteiger partial charge in [0.15, 0.2) is 0 Å². The van der Waals surface area contributed by atoms with E-state index in [0.29, 0.717) is 11.7 Å². The smallest absolute Gasteiger partial charge is 0.209 e. The molecule has 0 bridgehead atoms. The van der Waals surface area contributed by atoms with Crippen molar-refractivity contribution in [3.63, 3.8) is 0 Å². The van der Waals surface area contributed by atoms with Crippen LogP contribution in [-0.4, -0.2) is 31.0 Å². The van der Waals surface area contributed by atoms with Gasteiger partial charge in [-0.3, -0.25) is 10.4 Å². The molecule has 1 saturated carbocycles. The Morgan fingerprint density at radius 3 is 3.00 bits per heavy atom. The Labute approximate surface area is 126 Å². The first-order valence-electron chi connectivity index (χ1n) is 6.94. The molecule has 1 aliphatic rings. The number of nitrogens with zero attached hydrogens (tertiary/aromatic N) is 5. The lowest BCUT2D eigenvalue weighted by Gasteiger charge is -2.10. The first-order valence-corrected chi connectivity index (χ1v) is 7.92. The Bertz CT molecular complexity index is 633. The molecule has 2 aromatic heterocycles. The minimum absolute atomic E-state index is 0.0161. The SMILES string of the molecule is N=C(N)c1cc(CSc2nnnn2C2CCCC2)ccn1. The molecule has 21 heavy (non-hydrogen) atoms. The standard InChI is InChI=1S/C13H17N7S/c14-12(15)11-7-9(5-6-16-11)8-21-13-17-18-19-20(13)10-3-1-2-4-10/h5-7,10H,1-4,8H2,(H3,14,15). The molecule has 3 N–H and O–H groups in total. The van der Waals surface area contributed by atoms with Crippen LogP contribution in [0.1, 0.15) is 43.0 Å². The summed E-state index contributed by atoms with van der Waals surface area (Å²) < 4.78 is 1.95. The van der Waals surface area contributed by atoms with Gasteiger partial charge in [-0.05, 0) is 41.0 Å². The topological polar surface area (TPSA) is 106 Å². The third-order valence-corrected chi connectivity index (χ3v) is 4.61. The van der Waals surface area contributed by atoms with E-state index in [1.54, 1.807) is 18.0 Å². The van der Waals surface area contributed by atoms with Crippen LogP contribution in [0.5, 0.6) is 0 Å². The summed E-state index contributed by atoms with van der Waals surface area (Å²) in [6.45, 7) is 0. The van der Waals surface area contributed by atoms with Gasteiger partial charge in [-0.15, -0.1) is 5.10 Å². The van der Waals surface area contributed by atoms with E-state index in [-0.39, 0.29) is 5.84 Å². The largest absolute Gasteiger partial charge is 0.382 e. The molecule has 110 valence electrons. The fourth-order valence-corrected chi connectivity index (χ4v) is 3.41. The molecular weight excluding hydrogens is 286 g/mol. The van der Waals surface area contributed by atoms with Crippen LogP contribution < -0.4 is 5.73 Å². The molecule has 8 heteroatoms. The maximum atomic E-state index is 7.42. The van der Waals surface area contributed by atoms with Gasteiger partial charge in [0.25, 0.3) is 0 Å². The Hall–Kier alpha value is -1.96. The summed E-state index contributed by atoms with van der Waals surface area (Å²) in [5.74, 6) is 0.716. The van der Waals surface area contributed by atoms with Crippen LogP contribution in [0.4, 0.5) is 0 Å². The first kappa shape index (κ1) is 14.0. The number of hydrogen-bond donors (Lipinski definition) is 2. The van der Waals surface area contributed by atoms with E-state index in [9.17, 15) is 0 Å². The minimum Gasteiger partial charge on any atom is -0.382 e. The number of thioether (sulfide) groups is 1. The lowest BCUT2D eigenvalue weighted by Crippen LogP contribution is -2.13. The molecule has 0 amide bonds. The number of tetrazole rings is 1. The summed E-state index contributed by atoms with van der Waals surface area (Å²) in [5.41, 5.74) is 7.02. The van der Waals surface area contributed by atoms with Crippen molar-refractivity contribution in [1.29, 1.82) is 5.41 Å². The summed E-state index contributed by atoms with van der Waals surface area (Å²) in [5, 5.41) is 20.3. The summed E-state index contributed by atoms with van der Waals surface area (Å²) in [7, 11) is 0. The predicted octanol–water partition coefficient (Wildman–Crippen LogP) is 1.76. The molecule has 0 aliphatic heterocycles. The third kappa shape index (κ3) is 3.21. The fraction of sp³-hybridized carbons (Fsp3) is 0.462. The van der Waals surface area contributed by atoms with Gasteiger partial charge in [-0.25, -0.2) is 4.68 Å². The average Bonchev–Trinajstić information content (AvgIpc) is 3.16. The summed E-state index contributed by atoms with van der Waals surface area (Å²) in [6.07, 6.45) is 6.49. The maximum absolute atomic E-state index is 7.42. The van der Waals surface area contributed by atoms with E-state index in [1.807, 2.05) is 16.8 Å². The second-order valence-corrected chi connectivity index (χ2v) is 6.04. The number of amidine groups is 1. The van der Waals surface area contributed by atoms with E-state index in [4.69, 9.17) is 11.1 Å². The van der Waals surface area contributed by atoms with Crippen molar-refractivity contribution in [2.75, 3.05) is 0 Å². The highest BCUT2D eigenvalue weighted by Gasteiger charge is 2.21. The maximum Gasteiger partial charge on any atom is 0.209 e. The zero-order chi connectivity index (χ0) is 14.7. The highest BCUT2D eigenvalue weighted by atomic mass is 32.2. The molecule has 0 atom stereocenters. The van der Waals surface area contributed by atoms with Gasteiger partial charge in [-0.1, -0.05) is 24.6 Å². The van der Waals surface area contributed by atoms with Crippen molar-refractivity contribution in [3.05, 3.63) is 29.6 Å². The van der Waals surface area contributed by atoms with E-state index in [1.165, 1.54) is 12.8 Å². The van der Waals surface area contributed by atoms with E-state index < -0.39 is 0 Å². The normalized spacial score (nSPS) is 15.4. The van der Waals surface area contributed by atoms with Crippen LogP contribution in [0.25, 0.3) is 0 Å². The molecular formula is C13H17N7S. The number of nitrogens with two attached hydrogens (primary N) is 1. The van der Waals surface area contributed by atoms with Crippen LogP contribution in [0.2, 0.25) is 0 Å². The second kappa shape index (κ2) is 6.21. The van der Waals surface area contributed by atoms with Gasteiger partial charge in [0.1, 0.15) is 11.5 Å². The lowest BCUT2D eigenvalue weighted by molar-refractivity contribution is 0.423. The van der Waals surface area contributed by atoms with Crippen LogP contribution in [0.3, 0.4) is 0 Å².